The molecule has 0 fully saturated rings. The molecule has 1 N–H and O–H groups in total. The van der Waals surface area contributed by atoms with Gasteiger partial charge in [-0.2, -0.15) is 0 Å². The van der Waals surface area contributed by atoms with E-state index in [1.807, 2.05) is 0 Å². The van der Waals surface area contributed by atoms with Crippen LogP contribution < -0.4 is 4.74 Å². The number of carbonyl (C=O) groups excluding carboxylic acids is 1. The van der Waals surface area contributed by atoms with Crippen molar-refractivity contribution in [1.82, 2.24) is 0 Å². The largest absolute Gasteiger partial charge is 0.468 e. The summed E-state index contributed by atoms with van der Waals surface area (Å²) in [7, 11) is 0. The molecule has 1 rings (SSSR count). The minimum Gasteiger partial charge on any atom is -0.468 e. The van der Waals surface area contributed by atoms with E-state index in [9.17, 15) is 4.79 Å². The quantitative estimate of drug-likeness (QED) is 0.589. The van der Waals surface area contributed by atoms with Crippen LogP contribution in [0.5, 0.6) is 5.75 Å². The Balaban J connectivity index is 2.64. The number of aliphatic hydroxyl groups is 1. The number of hydrogen-bond acceptors (Lipinski definition) is 3. The molecule has 0 radical (unpaired) electrons. The Bertz CT molecular complexity index is 281. The van der Waals surface area contributed by atoms with E-state index in [4.69, 9.17) is 21.4 Å². The van der Waals surface area contributed by atoms with Crippen LogP contribution in [0, 0.1) is 0 Å². The standard InChI is InChI=1S/C9H9ClO3/c10-9(12)5-7-1-3-8(4-2-7)13-6-11/h1-4,11H,5-6H2. The molecule has 1 aromatic rings. The Hall–Kier alpha value is -1.06. The SMILES string of the molecule is O=C(Cl)Cc1ccc(OCO)cc1. The topological polar surface area (TPSA) is 46.5 Å². The number of rotatable bonds is 4. The van der Waals surface area contributed by atoms with E-state index >= 15 is 0 Å². The van der Waals surface area contributed by atoms with Crippen molar-refractivity contribution in [3.8, 4) is 5.75 Å². The van der Waals surface area contributed by atoms with E-state index in [0.717, 1.165) is 5.56 Å². The van der Waals surface area contributed by atoms with Crippen molar-refractivity contribution < 1.29 is 14.6 Å². The summed E-state index contributed by atoms with van der Waals surface area (Å²) in [6.45, 7) is -0.353. The second-order valence-corrected chi connectivity index (χ2v) is 2.87. The molecule has 0 aromatic heterocycles. The van der Waals surface area contributed by atoms with Gasteiger partial charge in [-0.1, -0.05) is 12.1 Å². The Labute approximate surface area is 80.9 Å². The maximum Gasteiger partial charge on any atom is 0.226 e. The molecule has 0 amide bonds. The highest BCUT2D eigenvalue weighted by Gasteiger charge is 1.99. The maximum atomic E-state index is 10.5. The highest BCUT2D eigenvalue weighted by molar-refractivity contribution is 6.63. The lowest BCUT2D eigenvalue weighted by Gasteiger charge is -2.02. The number of benzene rings is 1. The third-order valence-electron chi connectivity index (χ3n) is 1.50. The highest BCUT2D eigenvalue weighted by atomic mass is 35.5. The molecule has 13 heavy (non-hydrogen) atoms. The van der Waals surface area contributed by atoms with Gasteiger partial charge in [0.15, 0.2) is 6.79 Å². The van der Waals surface area contributed by atoms with Gasteiger partial charge in [-0.25, -0.2) is 0 Å². The van der Waals surface area contributed by atoms with Crippen molar-refractivity contribution in [3.05, 3.63) is 29.8 Å². The Morgan fingerprint density at radius 2 is 2.00 bits per heavy atom. The summed E-state index contributed by atoms with van der Waals surface area (Å²) in [5.41, 5.74) is 0.824. The molecule has 70 valence electrons. The molecule has 0 heterocycles. The van der Waals surface area contributed by atoms with Gasteiger partial charge in [0.05, 0.1) is 0 Å². The number of carbonyl (C=O) groups is 1. The predicted molar refractivity (Wildman–Crippen MR) is 48.7 cm³/mol. The molecule has 1 aromatic carbocycles. The first-order valence-corrected chi connectivity index (χ1v) is 4.11. The van der Waals surface area contributed by atoms with Crippen LogP contribution in [0.2, 0.25) is 0 Å². The molecule has 0 saturated carbocycles. The number of aliphatic hydroxyl groups excluding tert-OH is 1. The first kappa shape index (κ1) is 10.0. The first-order valence-electron chi connectivity index (χ1n) is 3.73. The van der Waals surface area contributed by atoms with Gasteiger partial charge in [-0.3, -0.25) is 4.79 Å². The van der Waals surface area contributed by atoms with Crippen LogP contribution in [0.1, 0.15) is 5.56 Å². The lowest BCUT2D eigenvalue weighted by molar-refractivity contribution is -0.111. The van der Waals surface area contributed by atoms with Gasteiger partial charge in [-0.05, 0) is 29.3 Å². The van der Waals surface area contributed by atoms with Crippen molar-refractivity contribution in [1.29, 1.82) is 0 Å². The van der Waals surface area contributed by atoms with Crippen LogP contribution in [0.4, 0.5) is 0 Å². The van der Waals surface area contributed by atoms with Crippen molar-refractivity contribution in [3.63, 3.8) is 0 Å². The smallest absolute Gasteiger partial charge is 0.226 e. The fourth-order valence-corrected chi connectivity index (χ4v) is 1.09. The fraction of sp³-hybridized carbons (Fsp3) is 0.222. The second kappa shape index (κ2) is 4.84. The summed E-state index contributed by atoms with van der Waals surface area (Å²) in [5, 5.41) is 8.04. The van der Waals surface area contributed by atoms with E-state index in [1.54, 1.807) is 24.3 Å². The van der Waals surface area contributed by atoms with Gasteiger partial charge in [0.2, 0.25) is 5.24 Å². The van der Waals surface area contributed by atoms with Crippen LogP contribution in [0.3, 0.4) is 0 Å². The Morgan fingerprint density at radius 3 is 2.46 bits per heavy atom. The zero-order chi connectivity index (χ0) is 9.68. The van der Waals surface area contributed by atoms with E-state index in [0.29, 0.717) is 5.75 Å². The zero-order valence-corrected chi connectivity index (χ0v) is 7.62. The van der Waals surface area contributed by atoms with Crippen molar-refractivity contribution in [2.24, 2.45) is 0 Å². The van der Waals surface area contributed by atoms with Crippen LogP contribution in [-0.2, 0) is 11.2 Å². The summed E-state index contributed by atoms with van der Waals surface area (Å²) < 4.78 is 4.80. The van der Waals surface area contributed by atoms with Crippen LogP contribution in [0.15, 0.2) is 24.3 Å². The van der Waals surface area contributed by atoms with Crippen LogP contribution in [-0.4, -0.2) is 17.1 Å². The predicted octanol–water partition coefficient (Wildman–Crippen LogP) is 1.32. The van der Waals surface area contributed by atoms with E-state index < -0.39 is 5.24 Å². The minimum atomic E-state index is -0.393. The summed E-state index contributed by atoms with van der Waals surface area (Å²) >= 11 is 5.20. The molecule has 0 aliphatic heterocycles. The lowest BCUT2D eigenvalue weighted by Crippen LogP contribution is -1.96. The third-order valence-corrected chi connectivity index (χ3v) is 1.63. The molecule has 0 atom stereocenters. The molecule has 0 aliphatic carbocycles. The molecule has 0 aliphatic rings. The van der Waals surface area contributed by atoms with Gasteiger partial charge in [0.25, 0.3) is 0 Å². The molecule has 0 spiro atoms. The zero-order valence-electron chi connectivity index (χ0n) is 6.87. The summed E-state index contributed by atoms with van der Waals surface area (Å²) in [6, 6.07) is 6.80. The van der Waals surface area contributed by atoms with E-state index in [1.165, 1.54) is 0 Å². The van der Waals surface area contributed by atoms with Crippen molar-refractivity contribution in [2.45, 2.75) is 6.42 Å². The van der Waals surface area contributed by atoms with E-state index in [2.05, 4.69) is 0 Å². The molecule has 0 bridgehead atoms. The van der Waals surface area contributed by atoms with Gasteiger partial charge >= 0.3 is 0 Å². The van der Waals surface area contributed by atoms with Crippen molar-refractivity contribution in [2.75, 3.05) is 6.79 Å². The van der Waals surface area contributed by atoms with Gasteiger partial charge in [0.1, 0.15) is 5.75 Å². The Kier molecular flexibility index (Phi) is 3.73. The summed E-state index contributed by atoms with van der Waals surface area (Å²) in [4.78, 5) is 10.5. The van der Waals surface area contributed by atoms with Crippen LogP contribution in [0.25, 0.3) is 0 Å². The molecular formula is C9H9ClO3. The number of hydrogen-bond donors (Lipinski definition) is 1. The lowest BCUT2D eigenvalue weighted by atomic mass is 10.2. The molecule has 0 unspecified atom stereocenters. The molecule has 3 nitrogen and oxygen atoms in total. The number of halogens is 1. The fourth-order valence-electron chi connectivity index (χ4n) is 0.939. The molecule has 4 heteroatoms. The molecule has 0 saturated heterocycles. The average Bonchev–Trinajstić information content (AvgIpc) is 2.08. The highest BCUT2D eigenvalue weighted by Crippen LogP contribution is 2.12. The summed E-state index contributed by atoms with van der Waals surface area (Å²) in [5.74, 6) is 0.563. The molecular weight excluding hydrogens is 192 g/mol. The minimum absolute atomic E-state index is 0.209. The first-order chi connectivity index (χ1) is 6.22. The third kappa shape index (κ3) is 3.44. The second-order valence-electron chi connectivity index (χ2n) is 2.45. The maximum absolute atomic E-state index is 10.5. The van der Waals surface area contributed by atoms with Gasteiger partial charge in [-0.15, -0.1) is 0 Å². The van der Waals surface area contributed by atoms with Crippen LogP contribution >= 0.6 is 11.6 Å². The van der Waals surface area contributed by atoms with E-state index in [-0.39, 0.29) is 13.2 Å². The van der Waals surface area contributed by atoms with Gasteiger partial charge < -0.3 is 9.84 Å². The normalized spacial score (nSPS) is 9.69. The monoisotopic (exact) mass is 200 g/mol. The summed E-state index contributed by atoms with van der Waals surface area (Å²) in [6.07, 6.45) is 0.209. The van der Waals surface area contributed by atoms with Gasteiger partial charge in [0, 0.05) is 6.42 Å². The average molecular weight is 201 g/mol. The number of ether oxygens (including phenoxy) is 1. The van der Waals surface area contributed by atoms with Crippen molar-refractivity contribution >= 4 is 16.8 Å². The Morgan fingerprint density at radius 1 is 1.38 bits per heavy atom.